The summed E-state index contributed by atoms with van der Waals surface area (Å²) in [6.07, 6.45) is 0.0845. The number of nitro groups is 2. The molecule has 0 saturated carbocycles. The number of rotatable bonds is 8. The minimum Gasteiger partial charge on any atom is -0.462 e. The molecular formula is C26H22N4O9. The Morgan fingerprint density at radius 2 is 1.67 bits per heavy atom. The number of imide groups is 1. The number of nitro benzene ring substituents is 2. The number of anilines is 1. The number of hydrogen-bond donors (Lipinski definition) is 0. The Hall–Kier alpha value is -4.91. The molecule has 0 bridgehead atoms. The molecule has 0 unspecified atom stereocenters. The molecule has 2 aliphatic heterocycles. The highest BCUT2D eigenvalue weighted by Crippen LogP contribution is 2.36. The molecule has 0 atom stereocenters. The number of non-ortho nitro benzene ring substituents is 1. The van der Waals surface area contributed by atoms with Crippen molar-refractivity contribution >= 4 is 45.6 Å². The number of nitrogens with zero attached hydrogens (tertiary/aromatic N) is 4. The van der Waals surface area contributed by atoms with Gasteiger partial charge in [0, 0.05) is 53.3 Å². The maximum atomic E-state index is 13.3. The quantitative estimate of drug-likeness (QED) is 0.138. The van der Waals surface area contributed by atoms with Crippen LogP contribution in [0.5, 0.6) is 0 Å². The minimum absolute atomic E-state index is 0.0473. The van der Waals surface area contributed by atoms with Gasteiger partial charge in [0.15, 0.2) is 0 Å². The highest BCUT2D eigenvalue weighted by molar-refractivity contribution is 6.26. The lowest BCUT2D eigenvalue weighted by atomic mass is 9.92. The van der Waals surface area contributed by atoms with Gasteiger partial charge in [-0.1, -0.05) is 12.1 Å². The Morgan fingerprint density at radius 1 is 0.949 bits per heavy atom. The van der Waals surface area contributed by atoms with Gasteiger partial charge >= 0.3 is 5.97 Å². The molecule has 2 heterocycles. The Labute approximate surface area is 220 Å². The van der Waals surface area contributed by atoms with E-state index in [1.54, 1.807) is 18.2 Å². The van der Waals surface area contributed by atoms with Crippen LogP contribution in [0.1, 0.15) is 37.5 Å². The number of ether oxygens (including phenoxy) is 2. The highest BCUT2D eigenvalue weighted by Gasteiger charge is 2.34. The minimum atomic E-state index is -1.04. The predicted octanol–water partition coefficient (Wildman–Crippen LogP) is 3.34. The van der Waals surface area contributed by atoms with E-state index in [9.17, 15) is 34.6 Å². The Kier molecular flexibility index (Phi) is 6.90. The van der Waals surface area contributed by atoms with Crippen LogP contribution < -0.4 is 4.90 Å². The maximum absolute atomic E-state index is 13.3. The number of carbonyl (C=O) groups is 3. The summed E-state index contributed by atoms with van der Waals surface area (Å²) in [4.78, 5) is 62.7. The molecule has 0 radical (unpaired) electrons. The summed E-state index contributed by atoms with van der Waals surface area (Å²) >= 11 is 0. The van der Waals surface area contributed by atoms with Crippen LogP contribution >= 0.6 is 0 Å². The van der Waals surface area contributed by atoms with Gasteiger partial charge in [0.1, 0.15) is 5.56 Å². The van der Waals surface area contributed by atoms with Crippen molar-refractivity contribution in [1.82, 2.24) is 4.90 Å². The van der Waals surface area contributed by atoms with Crippen molar-refractivity contribution < 1.29 is 33.7 Å². The SMILES string of the molecule is O=C(OCCCN1C(=O)c2cccc3c(N4CCOCC4)ccc(c23)C1=O)c1ccc([N+](=O)[O-])cc1[N+](=O)[O-]. The van der Waals surface area contributed by atoms with Crippen LogP contribution in [0.4, 0.5) is 17.1 Å². The monoisotopic (exact) mass is 534 g/mol. The van der Waals surface area contributed by atoms with E-state index in [0.717, 1.165) is 28.1 Å². The normalized spacial score (nSPS) is 15.0. The number of morpholine rings is 1. The largest absolute Gasteiger partial charge is 0.462 e. The van der Waals surface area contributed by atoms with E-state index in [0.29, 0.717) is 48.9 Å². The molecule has 2 aliphatic rings. The second-order valence-corrected chi connectivity index (χ2v) is 8.93. The Morgan fingerprint density at radius 3 is 2.36 bits per heavy atom. The molecule has 200 valence electrons. The zero-order valence-electron chi connectivity index (χ0n) is 20.5. The van der Waals surface area contributed by atoms with Crippen LogP contribution in [0.15, 0.2) is 48.5 Å². The first-order valence-corrected chi connectivity index (χ1v) is 12.1. The Balaban J connectivity index is 1.29. The molecule has 0 spiro atoms. The van der Waals surface area contributed by atoms with Crippen LogP contribution in [0.2, 0.25) is 0 Å². The fourth-order valence-corrected chi connectivity index (χ4v) is 4.84. The second kappa shape index (κ2) is 10.5. The van der Waals surface area contributed by atoms with E-state index in [2.05, 4.69) is 4.90 Å². The average Bonchev–Trinajstić information content (AvgIpc) is 2.95. The van der Waals surface area contributed by atoms with E-state index < -0.39 is 44.6 Å². The molecule has 3 aromatic rings. The highest BCUT2D eigenvalue weighted by atomic mass is 16.6. The average molecular weight is 534 g/mol. The summed E-state index contributed by atoms with van der Waals surface area (Å²) < 4.78 is 10.5. The van der Waals surface area contributed by atoms with Crippen molar-refractivity contribution in [1.29, 1.82) is 0 Å². The third-order valence-electron chi connectivity index (χ3n) is 6.69. The molecule has 1 saturated heterocycles. The predicted molar refractivity (Wildman–Crippen MR) is 137 cm³/mol. The molecule has 1 fully saturated rings. The van der Waals surface area contributed by atoms with Crippen molar-refractivity contribution in [2.45, 2.75) is 6.42 Å². The Bertz CT molecular complexity index is 1510. The summed E-state index contributed by atoms with van der Waals surface area (Å²) in [5, 5.41) is 23.6. The van der Waals surface area contributed by atoms with Gasteiger partial charge in [0.2, 0.25) is 0 Å². The molecule has 5 rings (SSSR count). The van der Waals surface area contributed by atoms with E-state index in [1.165, 1.54) is 0 Å². The molecule has 13 nitrogen and oxygen atoms in total. The standard InChI is InChI=1S/C26H22N4O9/c31-24-19-4-1-3-17-21(27-10-13-38-14-11-27)8-7-20(23(17)19)25(32)28(24)9-2-12-39-26(33)18-6-5-16(29(34)35)15-22(18)30(36)37/h1,3-8,15H,2,9-14H2. The van der Waals surface area contributed by atoms with Gasteiger partial charge in [0.05, 0.1) is 35.7 Å². The van der Waals surface area contributed by atoms with Gasteiger partial charge < -0.3 is 14.4 Å². The summed E-state index contributed by atoms with van der Waals surface area (Å²) in [5.74, 6) is -1.97. The van der Waals surface area contributed by atoms with Crippen molar-refractivity contribution in [3.05, 3.63) is 85.4 Å². The number of benzene rings is 3. The smallest absolute Gasteiger partial charge is 0.345 e. The molecule has 39 heavy (non-hydrogen) atoms. The molecule has 0 N–H and O–H groups in total. The van der Waals surface area contributed by atoms with E-state index in [-0.39, 0.29) is 19.6 Å². The van der Waals surface area contributed by atoms with E-state index in [1.807, 2.05) is 12.1 Å². The van der Waals surface area contributed by atoms with Gasteiger partial charge in [0.25, 0.3) is 23.2 Å². The molecule has 0 aromatic heterocycles. The number of amides is 2. The topological polar surface area (TPSA) is 162 Å². The lowest BCUT2D eigenvalue weighted by molar-refractivity contribution is -0.394. The molecule has 3 aromatic carbocycles. The first-order chi connectivity index (χ1) is 18.8. The van der Waals surface area contributed by atoms with Crippen LogP contribution in [0.25, 0.3) is 10.8 Å². The van der Waals surface area contributed by atoms with E-state index >= 15 is 0 Å². The van der Waals surface area contributed by atoms with Gasteiger partial charge in [-0.25, -0.2) is 4.79 Å². The third kappa shape index (κ3) is 4.75. The molecule has 2 amide bonds. The van der Waals surface area contributed by atoms with Gasteiger partial charge in [-0.05, 0) is 30.7 Å². The van der Waals surface area contributed by atoms with Crippen LogP contribution in [0, 0.1) is 20.2 Å². The summed E-state index contributed by atoms with van der Waals surface area (Å²) in [7, 11) is 0. The van der Waals surface area contributed by atoms with Crippen molar-refractivity contribution in [2.75, 3.05) is 44.4 Å². The van der Waals surface area contributed by atoms with Crippen molar-refractivity contribution in [3.63, 3.8) is 0 Å². The van der Waals surface area contributed by atoms with E-state index in [4.69, 9.17) is 9.47 Å². The van der Waals surface area contributed by atoms with Gasteiger partial charge in [-0.3, -0.25) is 34.7 Å². The van der Waals surface area contributed by atoms with Crippen LogP contribution in [-0.2, 0) is 9.47 Å². The summed E-state index contributed by atoms with van der Waals surface area (Å²) in [6.45, 7) is 2.31. The molecule has 13 heteroatoms. The van der Waals surface area contributed by atoms with Crippen molar-refractivity contribution in [3.8, 4) is 0 Å². The zero-order chi connectivity index (χ0) is 27.7. The van der Waals surface area contributed by atoms with Crippen LogP contribution in [0.3, 0.4) is 0 Å². The lowest BCUT2D eigenvalue weighted by Gasteiger charge is -2.32. The van der Waals surface area contributed by atoms with Crippen molar-refractivity contribution in [2.24, 2.45) is 0 Å². The van der Waals surface area contributed by atoms with Gasteiger partial charge in [-0.2, -0.15) is 0 Å². The first-order valence-electron chi connectivity index (χ1n) is 12.1. The number of carbonyl (C=O) groups excluding carboxylic acids is 3. The first kappa shape index (κ1) is 25.7. The van der Waals surface area contributed by atoms with Gasteiger partial charge in [-0.15, -0.1) is 0 Å². The number of esters is 1. The second-order valence-electron chi connectivity index (χ2n) is 8.93. The maximum Gasteiger partial charge on any atom is 0.345 e. The third-order valence-corrected chi connectivity index (χ3v) is 6.69. The summed E-state index contributed by atoms with van der Waals surface area (Å²) in [6, 6.07) is 11.5. The molecular weight excluding hydrogens is 512 g/mol. The lowest BCUT2D eigenvalue weighted by Crippen LogP contribution is -2.41. The molecule has 0 aliphatic carbocycles. The fraction of sp³-hybridized carbons (Fsp3) is 0.269. The summed E-state index contributed by atoms with van der Waals surface area (Å²) in [5.41, 5.74) is 0.00324. The number of hydrogen-bond acceptors (Lipinski definition) is 10. The fourth-order valence-electron chi connectivity index (χ4n) is 4.84. The zero-order valence-corrected chi connectivity index (χ0v) is 20.5. The van der Waals surface area contributed by atoms with Crippen LogP contribution in [-0.4, -0.2) is 72.0 Å².